The van der Waals surface area contributed by atoms with E-state index in [0.29, 0.717) is 0 Å². The fourth-order valence-corrected chi connectivity index (χ4v) is 2.60. The molecule has 0 aromatic heterocycles. The molecule has 2 aromatic rings. The van der Waals surface area contributed by atoms with Gasteiger partial charge >= 0.3 is 0 Å². The van der Waals surface area contributed by atoms with E-state index in [-0.39, 0.29) is 0 Å². The first-order valence-electron chi connectivity index (χ1n) is 7.05. The summed E-state index contributed by atoms with van der Waals surface area (Å²) in [4.78, 5) is 2.47. The van der Waals surface area contributed by atoms with E-state index in [9.17, 15) is 0 Å². The lowest BCUT2D eigenvalue weighted by Gasteiger charge is -2.22. The van der Waals surface area contributed by atoms with E-state index in [2.05, 4.69) is 64.8 Å². The highest BCUT2D eigenvalue weighted by molar-refractivity contribution is 5.66. The van der Waals surface area contributed by atoms with Crippen LogP contribution in [0.4, 0.5) is 5.69 Å². The number of rotatable bonds is 2. The Balaban J connectivity index is 1.78. The second-order valence-corrected chi connectivity index (χ2v) is 5.00. The van der Waals surface area contributed by atoms with Crippen LogP contribution in [-0.4, -0.2) is 26.2 Å². The SMILES string of the molecule is c1ccc(-c2ccc(N3CCCNCC3)cc2)cc1. The van der Waals surface area contributed by atoms with Crippen molar-refractivity contribution in [3.63, 3.8) is 0 Å². The summed E-state index contributed by atoms with van der Waals surface area (Å²) in [6.07, 6.45) is 1.22. The predicted molar refractivity (Wildman–Crippen MR) is 81.6 cm³/mol. The second-order valence-electron chi connectivity index (χ2n) is 5.00. The molecule has 0 radical (unpaired) electrons. The van der Waals surface area contributed by atoms with E-state index in [1.165, 1.54) is 23.2 Å². The maximum Gasteiger partial charge on any atom is 0.0367 e. The van der Waals surface area contributed by atoms with Crippen molar-refractivity contribution >= 4 is 5.69 Å². The summed E-state index contributed by atoms with van der Waals surface area (Å²) in [7, 11) is 0. The molecule has 1 heterocycles. The van der Waals surface area contributed by atoms with Gasteiger partial charge in [0, 0.05) is 25.3 Å². The van der Waals surface area contributed by atoms with Crippen LogP contribution < -0.4 is 10.2 Å². The maximum atomic E-state index is 3.44. The minimum atomic E-state index is 1.08. The molecule has 0 unspecified atom stereocenters. The van der Waals surface area contributed by atoms with Gasteiger partial charge in [-0.1, -0.05) is 42.5 Å². The van der Waals surface area contributed by atoms with Gasteiger partial charge in [-0.05, 0) is 36.2 Å². The minimum Gasteiger partial charge on any atom is -0.370 e. The minimum absolute atomic E-state index is 1.08. The molecule has 0 spiro atoms. The van der Waals surface area contributed by atoms with Gasteiger partial charge in [0.15, 0.2) is 0 Å². The normalized spacial score (nSPS) is 16.1. The standard InChI is InChI=1S/C17H20N2/c1-2-5-15(6-3-1)16-7-9-17(10-8-16)19-13-4-11-18-12-14-19/h1-3,5-10,18H,4,11-14H2. The number of anilines is 1. The van der Waals surface area contributed by atoms with Crippen molar-refractivity contribution in [3.8, 4) is 11.1 Å². The summed E-state index contributed by atoms with van der Waals surface area (Å²) in [6, 6.07) is 19.5. The second kappa shape index (κ2) is 5.89. The van der Waals surface area contributed by atoms with Crippen molar-refractivity contribution in [2.75, 3.05) is 31.1 Å². The highest BCUT2D eigenvalue weighted by Crippen LogP contribution is 2.23. The fraction of sp³-hybridized carbons (Fsp3) is 0.294. The molecule has 1 aliphatic rings. The Labute approximate surface area is 115 Å². The van der Waals surface area contributed by atoms with Crippen LogP contribution in [0.25, 0.3) is 11.1 Å². The first kappa shape index (κ1) is 12.2. The van der Waals surface area contributed by atoms with Gasteiger partial charge in [0.1, 0.15) is 0 Å². The van der Waals surface area contributed by atoms with Gasteiger partial charge in [-0.2, -0.15) is 0 Å². The molecule has 1 aliphatic heterocycles. The molecule has 98 valence electrons. The lowest BCUT2D eigenvalue weighted by molar-refractivity contribution is 0.724. The van der Waals surface area contributed by atoms with E-state index < -0.39 is 0 Å². The zero-order chi connectivity index (χ0) is 12.9. The van der Waals surface area contributed by atoms with Gasteiger partial charge in [0.25, 0.3) is 0 Å². The maximum absolute atomic E-state index is 3.44. The molecule has 19 heavy (non-hydrogen) atoms. The molecule has 0 bridgehead atoms. The zero-order valence-corrected chi connectivity index (χ0v) is 11.2. The largest absolute Gasteiger partial charge is 0.370 e. The van der Waals surface area contributed by atoms with Crippen LogP contribution in [0, 0.1) is 0 Å². The number of nitrogens with zero attached hydrogens (tertiary/aromatic N) is 1. The summed E-state index contributed by atoms with van der Waals surface area (Å²) in [5.41, 5.74) is 3.91. The van der Waals surface area contributed by atoms with Gasteiger partial charge in [-0.25, -0.2) is 0 Å². The molecule has 1 fully saturated rings. The van der Waals surface area contributed by atoms with Crippen LogP contribution in [0.15, 0.2) is 54.6 Å². The molecule has 2 nitrogen and oxygen atoms in total. The average molecular weight is 252 g/mol. The van der Waals surface area contributed by atoms with Crippen LogP contribution in [0.5, 0.6) is 0 Å². The monoisotopic (exact) mass is 252 g/mol. The molecule has 1 saturated heterocycles. The van der Waals surface area contributed by atoms with Gasteiger partial charge in [0.05, 0.1) is 0 Å². The van der Waals surface area contributed by atoms with Gasteiger partial charge in [0.2, 0.25) is 0 Å². The molecule has 0 saturated carbocycles. The lowest BCUT2D eigenvalue weighted by atomic mass is 10.1. The molecule has 0 amide bonds. The van der Waals surface area contributed by atoms with Crippen LogP contribution in [0.2, 0.25) is 0 Å². The van der Waals surface area contributed by atoms with Crippen molar-refractivity contribution in [1.29, 1.82) is 0 Å². The molecular weight excluding hydrogens is 232 g/mol. The average Bonchev–Trinajstić information content (AvgIpc) is 2.77. The topological polar surface area (TPSA) is 15.3 Å². The summed E-state index contributed by atoms with van der Waals surface area (Å²) in [5.74, 6) is 0. The number of nitrogens with one attached hydrogen (secondary N) is 1. The molecule has 1 N–H and O–H groups in total. The van der Waals surface area contributed by atoms with Crippen molar-refractivity contribution < 1.29 is 0 Å². The summed E-state index contributed by atoms with van der Waals surface area (Å²) >= 11 is 0. The number of hydrogen-bond acceptors (Lipinski definition) is 2. The highest BCUT2D eigenvalue weighted by atomic mass is 15.2. The van der Waals surface area contributed by atoms with Crippen LogP contribution in [-0.2, 0) is 0 Å². The van der Waals surface area contributed by atoms with Crippen LogP contribution >= 0.6 is 0 Å². The Hall–Kier alpha value is -1.80. The van der Waals surface area contributed by atoms with E-state index in [4.69, 9.17) is 0 Å². The van der Waals surface area contributed by atoms with Crippen molar-refractivity contribution in [2.45, 2.75) is 6.42 Å². The lowest BCUT2D eigenvalue weighted by Crippen LogP contribution is -2.27. The third kappa shape index (κ3) is 2.96. The van der Waals surface area contributed by atoms with E-state index >= 15 is 0 Å². The smallest absolute Gasteiger partial charge is 0.0367 e. The summed E-state index contributed by atoms with van der Waals surface area (Å²) in [6.45, 7) is 4.47. The molecular formula is C17H20N2. The van der Waals surface area contributed by atoms with Gasteiger partial charge in [-0.15, -0.1) is 0 Å². The van der Waals surface area contributed by atoms with E-state index in [0.717, 1.165) is 26.2 Å². The summed E-state index contributed by atoms with van der Waals surface area (Å²) in [5, 5.41) is 3.44. The van der Waals surface area contributed by atoms with Crippen LogP contribution in [0.1, 0.15) is 6.42 Å². The predicted octanol–water partition coefficient (Wildman–Crippen LogP) is 3.15. The molecule has 0 aliphatic carbocycles. The Morgan fingerprint density at radius 1 is 0.737 bits per heavy atom. The Kier molecular flexibility index (Phi) is 3.80. The number of hydrogen-bond donors (Lipinski definition) is 1. The molecule has 0 atom stereocenters. The Bertz CT molecular complexity index is 497. The Morgan fingerprint density at radius 3 is 2.26 bits per heavy atom. The summed E-state index contributed by atoms with van der Waals surface area (Å²) < 4.78 is 0. The third-order valence-electron chi connectivity index (χ3n) is 3.68. The quantitative estimate of drug-likeness (QED) is 0.883. The van der Waals surface area contributed by atoms with E-state index in [1.807, 2.05) is 0 Å². The number of benzene rings is 2. The van der Waals surface area contributed by atoms with Crippen molar-refractivity contribution in [3.05, 3.63) is 54.6 Å². The first-order valence-corrected chi connectivity index (χ1v) is 7.05. The van der Waals surface area contributed by atoms with Crippen LogP contribution in [0.3, 0.4) is 0 Å². The van der Waals surface area contributed by atoms with Gasteiger partial charge < -0.3 is 10.2 Å². The van der Waals surface area contributed by atoms with Crippen molar-refractivity contribution in [2.24, 2.45) is 0 Å². The molecule has 3 rings (SSSR count). The highest BCUT2D eigenvalue weighted by Gasteiger charge is 2.09. The molecule has 2 aromatic carbocycles. The zero-order valence-electron chi connectivity index (χ0n) is 11.2. The van der Waals surface area contributed by atoms with Gasteiger partial charge in [-0.3, -0.25) is 0 Å². The third-order valence-corrected chi connectivity index (χ3v) is 3.68. The fourth-order valence-electron chi connectivity index (χ4n) is 2.60. The molecule has 2 heteroatoms. The first-order chi connectivity index (χ1) is 9.43. The van der Waals surface area contributed by atoms with Crippen molar-refractivity contribution in [1.82, 2.24) is 5.32 Å². The van der Waals surface area contributed by atoms with E-state index in [1.54, 1.807) is 0 Å². The Morgan fingerprint density at radius 2 is 1.47 bits per heavy atom.